The monoisotopic (exact) mass is 300 g/mol. The van der Waals surface area contributed by atoms with Crippen molar-refractivity contribution in [3.8, 4) is 0 Å². The van der Waals surface area contributed by atoms with E-state index in [2.05, 4.69) is 20.9 Å². The molecule has 1 aromatic heterocycles. The van der Waals surface area contributed by atoms with E-state index < -0.39 is 0 Å². The standard InChI is InChI=1S/C11H13BrN2O3/c12-10-3-1-2-9(13-10)11(16)14-4-5-17-7-8(14)6-15/h1-3,8,15H,4-7H2. The van der Waals surface area contributed by atoms with Gasteiger partial charge in [-0.3, -0.25) is 4.79 Å². The molecule has 1 N–H and O–H groups in total. The van der Waals surface area contributed by atoms with Crippen LogP contribution in [0.5, 0.6) is 0 Å². The molecule has 0 bridgehead atoms. The molecule has 1 atom stereocenters. The quantitative estimate of drug-likeness (QED) is 0.816. The van der Waals surface area contributed by atoms with E-state index in [9.17, 15) is 9.90 Å². The number of carbonyl (C=O) groups excluding carboxylic acids is 1. The van der Waals surface area contributed by atoms with Crippen molar-refractivity contribution in [2.24, 2.45) is 0 Å². The Kier molecular flexibility index (Phi) is 4.09. The Morgan fingerprint density at radius 1 is 1.65 bits per heavy atom. The molecule has 1 saturated heterocycles. The molecule has 1 amide bonds. The zero-order chi connectivity index (χ0) is 12.3. The molecule has 0 aliphatic carbocycles. The Balaban J connectivity index is 2.18. The van der Waals surface area contributed by atoms with Gasteiger partial charge >= 0.3 is 0 Å². The summed E-state index contributed by atoms with van der Waals surface area (Å²) < 4.78 is 5.85. The molecule has 1 aromatic rings. The van der Waals surface area contributed by atoms with Crippen LogP contribution in [0.25, 0.3) is 0 Å². The highest BCUT2D eigenvalue weighted by Crippen LogP contribution is 2.13. The van der Waals surface area contributed by atoms with Crippen molar-refractivity contribution in [2.75, 3.05) is 26.4 Å². The van der Waals surface area contributed by atoms with Gasteiger partial charge in [0.25, 0.3) is 5.91 Å². The van der Waals surface area contributed by atoms with Crippen molar-refractivity contribution in [3.63, 3.8) is 0 Å². The molecule has 0 radical (unpaired) electrons. The van der Waals surface area contributed by atoms with Crippen molar-refractivity contribution >= 4 is 21.8 Å². The van der Waals surface area contributed by atoms with E-state index in [1.165, 1.54) is 0 Å². The molecule has 0 aromatic carbocycles. The molecular formula is C11H13BrN2O3. The number of rotatable bonds is 2. The smallest absolute Gasteiger partial charge is 0.272 e. The molecule has 6 heteroatoms. The van der Waals surface area contributed by atoms with Crippen LogP contribution in [0, 0.1) is 0 Å². The SMILES string of the molecule is O=C(c1cccc(Br)n1)N1CCOCC1CO. The number of aromatic nitrogens is 1. The minimum atomic E-state index is -0.281. The molecule has 2 rings (SSSR count). The van der Waals surface area contributed by atoms with Gasteiger partial charge in [-0.2, -0.15) is 0 Å². The fraction of sp³-hybridized carbons (Fsp3) is 0.455. The van der Waals surface area contributed by atoms with Gasteiger partial charge in [0.2, 0.25) is 0 Å². The van der Waals surface area contributed by atoms with Crippen molar-refractivity contribution in [1.82, 2.24) is 9.88 Å². The molecule has 5 nitrogen and oxygen atoms in total. The maximum Gasteiger partial charge on any atom is 0.272 e. The minimum Gasteiger partial charge on any atom is -0.394 e. The van der Waals surface area contributed by atoms with Gasteiger partial charge in [-0.05, 0) is 28.1 Å². The largest absolute Gasteiger partial charge is 0.394 e. The highest BCUT2D eigenvalue weighted by atomic mass is 79.9. The summed E-state index contributed by atoms with van der Waals surface area (Å²) in [6.07, 6.45) is 0. The Morgan fingerprint density at radius 2 is 2.47 bits per heavy atom. The lowest BCUT2D eigenvalue weighted by molar-refractivity contribution is -0.0186. The molecule has 0 saturated carbocycles. The van der Waals surface area contributed by atoms with Gasteiger partial charge in [-0.15, -0.1) is 0 Å². The summed E-state index contributed by atoms with van der Waals surface area (Å²) in [5, 5.41) is 9.21. The number of amides is 1. The van der Waals surface area contributed by atoms with Crippen LogP contribution < -0.4 is 0 Å². The third kappa shape index (κ3) is 2.83. The van der Waals surface area contributed by atoms with E-state index >= 15 is 0 Å². The van der Waals surface area contributed by atoms with Crippen LogP contribution in [-0.2, 0) is 4.74 Å². The van der Waals surface area contributed by atoms with Crippen LogP contribution in [0.15, 0.2) is 22.8 Å². The van der Waals surface area contributed by atoms with Crippen LogP contribution in [0.1, 0.15) is 10.5 Å². The maximum absolute atomic E-state index is 12.2. The van der Waals surface area contributed by atoms with E-state index in [1.54, 1.807) is 23.1 Å². The van der Waals surface area contributed by atoms with Crippen molar-refractivity contribution in [3.05, 3.63) is 28.5 Å². The van der Waals surface area contributed by atoms with Gasteiger partial charge in [0.1, 0.15) is 10.3 Å². The van der Waals surface area contributed by atoms with E-state index in [1.807, 2.05) is 0 Å². The first-order chi connectivity index (χ1) is 8.22. The Labute approximate surface area is 108 Å². The molecule has 1 aliphatic heterocycles. The van der Waals surface area contributed by atoms with Gasteiger partial charge in [0.15, 0.2) is 0 Å². The normalized spacial score (nSPS) is 20.4. The van der Waals surface area contributed by atoms with Gasteiger partial charge in [0, 0.05) is 6.54 Å². The fourth-order valence-electron chi connectivity index (χ4n) is 1.75. The van der Waals surface area contributed by atoms with Crippen LogP contribution in [0.4, 0.5) is 0 Å². The average molecular weight is 301 g/mol. The number of aliphatic hydroxyl groups excluding tert-OH is 1. The summed E-state index contributed by atoms with van der Waals surface area (Å²) in [6.45, 7) is 1.25. The van der Waals surface area contributed by atoms with Gasteiger partial charge in [-0.25, -0.2) is 4.98 Å². The lowest BCUT2D eigenvalue weighted by Gasteiger charge is -2.34. The van der Waals surface area contributed by atoms with E-state index in [0.717, 1.165) is 0 Å². The number of hydrogen-bond acceptors (Lipinski definition) is 4. The number of ether oxygens (including phenoxy) is 1. The van der Waals surface area contributed by atoms with Crippen molar-refractivity contribution in [1.29, 1.82) is 0 Å². The number of aliphatic hydroxyl groups is 1. The summed E-state index contributed by atoms with van der Waals surface area (Å²) >= 11 is 3.23. The predicted octanol–water partition coefficient (Wildman–Crippen LogP) is 0.677. The number of hydrogen-bond donors (Lipinski definition) is 1. The van der Waals surface area contributed by atoms with Crippen molar-refractivity contribution in [2.45, 2.75) is 6.04 Å². The third-order valence-electron chi connectivity index (χ3n) is 2.63. The van der Waals surface area contributed by atoms with Crippen LogP contribution in [-0.4, -0.2) is 53.3 Å². The molecule has 1 unspecified atom stereocenters. The molecule has 1 aliphatic rings. The Hall–Kier alpha value is -0.980. The third-order valence-corrected chi connectivity index (χ3v) is 3.08. The molecule has 92 valence electrons. The van der Waals surface area contributed by atoms with Gasteiger partial charge in [0.05, 0.1) is 25.9 Å². The second-order valence-electron chi connectivity index (χ2n) is 3.76. The van der Waals surface area contributed by atoms with Crippen LogP contribution >= 0.6 is 15.9 Å². The Bertz CT molecular complexity index is 413. The maximum atomic E-state index is 12.2. The number of carbonyl (C=O) groups is 1. The topological polar surface area (TPSA) is 62.7 Å². The second kappa shape index (κ2) is 5.57. The number of halogens is 1. The number of morpholine rings is 1. The second-order valence-corrected chi connectivity index (χ2v) is 4.57. The summed E-state index contributed by atoms with van der Waals surface area (Å²) in [6, 6.07) is 4.91. The zero-order valence-electron chi connectivity index (χ0n) is 9.17. The average Bonchev–Trinajstić information content (AvgIpc) is 2.38. The summed E-state index contributed by atoms with van der Waals surface area (Å²) in [4.78, 5) is 17.9. The summed E-state index contributed by atoms with van der Waals surface area (Å²) in [5.41, 5.74) is 0.375. The first kappa shape index (κ1) is 12.5. The number of pyridine rings is 1. The zero-order valence-corrected chi connectivity index (χ0v) is 10.8. The highest BCUT2D eigenvalue weighted by Gasteiger charge is 2.28. The van der Waals surface area contributed by atoms with Gasteiger partial charge in [-0.1, -0.05) is 6.07 Å². The predicted molar refractivity (Wildman–Crippen MR) is 64.7 cm³/mol. The van der Waals surface area contributed by atoms with E-state index in [-0.39, 0.29) is 18.6 Å². The minimum absolute atomic E-state index is 0.0975. The molecular weight excluding hydrogens is 288 g/mol. The summed E-state index contributed by atoms with van der Waals surface area (Å²) in [7, 11) is 0. The van der Waals surface area contributed by atoms with Crippen LogP contribution in [0.3, 0.4) is 0 Å². The molecule has 2 heterocycles. The van der Waals surface area contributed by atoms with E-state index in [4.69, 9.17) is 4.74 Å². The van der Waals surface area contributed by atoms with Crippen molar-refractivity contribution < 1.29 is 14.6 Å². The summed E-state index contributed by atoms with van der Waals surface area (Å²) in [5.74, 6) is -0.173. The van der Waals surface area contributed by atoms with Crippen LogP contribution in [0.2, 0.25) is 0 Å². The molecule has 1 fully saturated rings. The molecule has 0 spiro atoms. The van der Waals surface area contributed by atoms with E-state index in [0.29, 0.717) is 30.1 Å². The molecule has 17 heavy (non-hydrogen) atoms. The lowest BCUT2D eigenvalue weighted by Crippen LogP contribution is -2.50. The Morgan fingerprint density at radius 3 is 3.18 bits per heavy atom. The number of nitrogens with zero attached hydrogens (tertiary/aromatic N) is 2. The first-order valence-corrected chi connectivity index (χ1v) is 6.14. The highest BCUT2D eigenvalue weighted by molar-refractivity contribution is 9.10. The fourth-order valence-corrected chi connectivity index (χ4v) is 2.09. The lowest BCUT2D eigenvalue weighted by atomic mass is 10.2. The van der Waals surface area contributed by atoms with Gasteiger partial charge < -0.3 is 14.7 Å². The first-order valence-electron chi connectivity index (χ1n) is 5.34.